The summed E-state index contributed by atoms with van der Waals surface area (Å²) in [5, 5.41) is 4.58. The van der Waals surface area contributed by atoms with E-state index in [1.165, 1.54) is 11.3 Å². The molecular formula is C22H23N5O3S2. The van der Waals surface area contributed by atoms with Crippen molar-refractivity contribution in [3.8, 4) is 0 Å². The van der Waals surface area contributed by atoms with Crippen LogP contribution in [0.3, 0.4) is 0 Å². The lowest BCUT2D eigenvalue weighted by Gasteiger charge is -2.25. The van der Waals surface area contributed by atoms with E-state index in [9.17, 15) is 9.59 Å². The van der Waals surface area contributed by atoms with Crippen LogP contribution >= 0.6 is 22.7 Å². The van der Waals surface area contributed by atoms with E-state index in [2.05, 4.69) is 20.2 Å². The number of ether oxygens (including phenoxy) is 1. The zero-order valence-electron chi connectivity index (χ0n) is 17.9. The Kier molecular flexibility index (Phi) is 5.66. The van der Waals surface area contributed by atoms with Crippen LogP contribution in [0.4, 0.5) is 10.8 Å². The standard InChI is InChI=1S/C22H23N5O3S2/c1-12-13(2)31-21-19(12)20(29)25-17(26-21)5-6-18(28)23-14-3-4-15-16(11-14)32-22(24-15)27-7-9-30-10-8-27/h3-4,11H,5-10H2,1-2H3,(H,23,28)(H,25,26,29). The van der Waals surface area contributed by atoms with Gasteiger partial charge in [-0.05, 0) is 37.6 Å². The van der Waals surface area contributed by atoms with E-state index in [4.69, 9.17) is 9.72 Å². The van der Waals surface area contributed by atoms with Gasteiger partial charge in [0.05, 0.1) is 28.8 Å². The number of morpholine rings is 1. The molecule has 32 heavy (non-hydrogen) atoms. The minimum atomic E-state index is -0.140. The fourth-order valence-corrected chi connectivity index (χ4v) is 5.86. The van der Waals surface area contributed by atoms with Gasteiger partial charge < -0.3 is 19.9 Å². The average molecular weight is 470 g/mol. The molecule has 0 spiro atoms. The largest absolute Gasteiger partial charge is 0.378 e. The normalized spacial score (nSPS) is 14.4. The van der Waals surface area contributed by atoms with Crippen molar-refractivity contribution >= 4 is 59.8 Å². The van der Waals surface area contributed by atoms with Crippen molar-refractivity contribution in [2.75, 3.05) is 36.5 Å². The Bertz CT molecular complexity index is 1370. The van der Waals surface area contributed by atoms with Gasteiger partial charge in [-0.15, -0.1) is 11.3 Å². The second-order valence-electron chi connectivity index (χ2n) is 7.80. The Morgan fingerprint density at radius 3 is 2.84 bits per heavy atom. The molecule has 0 aliphatic carbocycles. The first-order valence-electron chi connectivity index (χ1n) is 10.5. The summed E-state index contributed by atoms with van der Waals surface area (Å²) < 4.78 is 6.44. The van der Waals surface area contributed by atoms with Crippen LogP contribution in [0, 0.1) is 13.8 Å². The third kappa shape index (κ3) is 4.13. The SMILES string of the molecule is Cc1sc2nc(CCC(=O)Nc3ccc4nc(N5CCOCC5)sc4c3)[nH]c(=O)c2c1C. The molecule has 0 bridgehead atoms. The number of H-pyrrole nitrogens is 1. The van der Waals surface area contributed by atoms with Gasteiger partial charge in [-0.25, -0.2) is 9.97 Å². The monoisotopic (exact) mass is 469 g/mol. The van der Waals surface area contributed by atoms with E-state index in [-0.39, 0.29) is 17.9 Å². The van der Waals surface area contributed by atoms with Crippen LogP contribution in [-0.4, -0.2) is 47.2 Å². The van der Waals surface area contributed by atoms with Crippen molar-refractivity contribution in [1.82, 2.24) is 15.0 Å². The van der Waals surface area contributed by atoms with Gasteiger partial charge in [0, 0.05) is 36.5 Å². The van der Waals surface area contributed by atoms with Gasteiger partial charge in [0.2, 0.25) is 5.91 Å². The zero-order chi connectivity index (χ0) is 22.2. The van der Waals surface area contributed by atoms with E-state index in [0.29, 0.717) is 17.6 Å². The van der Waals surface area contributed by atoms with E-state index in [1.54, 1.807) is 11.3 Å². The number of aromatic nitrogens is 3. The van der Waals surface area contributed by atoms with Crippen molar-refractivity contribution in [2.45, 2.75) is 26.7 Å². The van der Waals surface area contributed by atoms with Crippen LogP contribution in [0.15, 0.2) is 23.0 Å². The number of aromatic amines is 1. The Morgan fingerprint density at radius 2 is 2.03 bits per heavy atom. The molecule has 1 amide bonds. The summed E-state index contributed by atoms with van der Waals surface area (Å²) in [5.41, 5.74) is 2.49. The summed E-state index contributed by atoms with van der Waals surface area (Å²) in [6.45, 7) is 7.04. The number of benzene rings is 1. The number of amides is 1. The molecule has 0 saturated carbocycles. The molecule has 1 fully saturated rings. The number of anilines is 2. The van der Waals surface area contributed by atoms with E-state index >= 15 is 0 Å². The number of hydrogen-bond acceptors (Lipinski definition) is 8. The van der Waals surface area contributed by atoms with Gasteiger partial charge in [-0.2, -0.15) is 0 Å². The summed E-state index contributed by atoms with van der Waals surface area (Å²) in [6, 6.07) is 5.75. The molecule has 1 aliphatic heterocycles. The van der Waals surface area contributed by atoms with Crippen molar-refractivity contribution in [2.24, 2.45) is 0 Å². The molecule has 0 unspecified atom stereocenters. The molecule has 1 aromatic carbocycles. The predicted molar refractivity (Wildman–Crippen MR) is 129 cm³/mol. The molecule has 166 valence electrons. The van der Waals surface area contributed by atoms with E-state index in [1.807, 2.05) is 32.0 Å². The van der Waals surface area contributed by atoms with Crippen molar-refractivity contribution in [3.05, 3.63) is 44.8 Å². The third-order valence-corrected chi connectivity index (χ3v) is 7.80. The summed E-state index contributed by atoms with van der Waals surface area (Å²) in [7, 11) is 0. The Balaban J connectivity index is 1.25. The lowest BCUT2D eigenvalue weighted by Crippen LogP contribution is -2.36. The first kappa shape index (κ1) is 21.0. The highest BCUT2D eigenvalue weighted by Gasteiger charge is 2.16. The topological polar surface area (TPSA) is 100 Å². The lowest BCUT2D eigenvalue weighted by molar-refractivity contribution is -0.116. The number of carbonyl (C=O) groups excluding carboxylic acids is 1. The van der Waals surface area contributed by atoms with E-state index < -0.39 is 0 Å². The predicted octanol–water partition coefficient (Wildman–Crippen LogP) is 3.62. The van der Waals surface area contributed by atoms with Gasteiger partial charge in [0.1, 0.15) is 10.7 Å². The summed E-state index contributed by atoms with van der Waals surface area (Å²) in [4.78, 5) is 41.0. The average Bonchev–Trinajstić information content (AvgIpc) is 3.33. The number of nitrogens with zero attached hydrogens (tertiary/aromatic N) is 3. The maximum absolute atomic E-state index is 12.5. The van der Waals surface area contributed by atoms with Crippen LogP contribution in [-0.2, 0) is 16.0 Å². The highest BCUT2D eigenvalue weighted by atomic mass is 32.1. The minimum Gasteiger partial charge on any atom is -0.378 e. The molecule has 1 saturated heterocycles. The van der Waals surface area contributed by atoms with E-state index in [0.717, 1.165) is 62.6 Å². The highest BCUT2D eigenvalue weighted by Crippen LogP contribution is 2.31. The number of thiophene rings is 1. The summed E-state index contributed by atoms with van der Waals surface area (Å²) in [5.74, 6) is 0.413. The van der Waals surface area contributed by atoms with Crippen LogP contribution in [0.25, 0.3) is 20.4 Å². The minimum absolute atomic E-state index is 0.122. The second kappa shape index (κ2) is 8.61. The molecule has 2 N–H and O–H groups in total. The number of thiazole rings is 1. The number of hydrogen-bond donors (Lipinski definition) is 2. The fourth-order valence-electron chi connectivity index (χ4n) is 3.75. The van der Waals surface area contributed by atoms with Crippen LogP contribution in [0.5, 0.6) is 0 Å². The first-order chi connectivity index (χ1) is 15.5. The van der Waals surface area contributed by atoms with Crippen molar-refractivity contribution < 1.29 is 9.53 Å². The number of rotatable bonds is 5. The van der Waals surface area contributed by atoms with Crippen LogP contribution in [0.1, 0.15) is 22.7 Å². The van der Waals surface area contributed by atoms with Gasteiger partial charge in [0.15, 0.2) is 5.13 Å². The Hall–Kier alpha value is -2.82. The highest BCUT2D eigenvalue weighted by molar-refractivity contribution is 7.22. The molecule has 4 heterocycles. The molecule has 0 radical (unpaired) electrons. The van der Waals surface area contributed by atoms with Crippen LogP contribution < -0.4 is 15.8 Å². The zero-order valence-corrected chi connectivity index (χ0v) is 19.5. The number of fused-ring (bicyclic) bond motifs is 2. The van der Waals surface area contributed by atoms with Gasteiger partial charge in [0.25, 0.3) is 5.56 Å². The Morgan fingerprint density at radius 1 is 1.22 bits per heavy atom. The number of nitrogens with one attached hydrogen (secondary N) is 2. The molecule has 3 aromatic heterocycles. The molecule has 4 aromatic rings. The summed E-state index contributed by atoms with van der Waals surface area (Å²) >= 11 is 3.13. The Labute approximate surface area is 192 Å². The summed E-state index contributed by atoms with van der Waals surface area (Å²) in [6.07, 6.45) is 0.606. The molecular weight excluding hydrogens is 446 g/mol. The van der Waals surface area contributed by atoms with Gasteiger partial charge >= 0.3 is 0 Å². The van der Waals surface area contributed by atoms with Gasteiger partial charge in [-0.1, -0.05) is 11.3 Å². The second-order valence-corrected chi connectivity index (χ2v) is 10.0. The van der Waals surface area contributed by atoms with Crippen LogP contribution in [0.2, 0.25) is 0 Å². The maximum Gasteiger partial charge on any atom is 0.259 e. The molecule has 8 nitrogen and oxygen atoms in total. The fraction of sp³-hybridized carbons (Fsp3) is 0.364. The smallest absolute Gasteiger partial charge is 0.259 e. The van der Waals surface area contributed by atoms with Gasteiger partial charge in [-0.3, -0.25) is 9.59 Å². The number of carbonyl (C=O) groups is 1. The van der Waals surface area contributed by atoms with Crippen molar-refractivity contribution in [1.29, 1.82) is 0 Å². The van der Waals surface area contributed by atoms with Crippen molar-refractivity contribution in [3.63, 3.8) is 0 Å². The first-order valence-corrected chi connectivity index (χ1v) is 12.1. The maximum atomic E-state index is 12.5. The quantitative estimate of drug-likeness (QED) is 0.463. The third-order valence-electron chi connectivity index (χ3n) is 5.62. The molecule has 1 aliphatic rings. The molecule has 10 heteroatoms. The molecule has 0 atom stereocenters. The number of aryl methyl sites for hydroxylation is 3. The molecule has 5 rings (SSSR count). The lowest BCUT2D eigenvalue weighted by atomic mass is 10.2.